The Morgan fingerprint density at radius 1 is 1.23 bits per heavy atom. The number of amides is 1. The summed E-state index contributed by atoms with van der Waals surface area (Å²) in [6.45, 7) is 3.41. The lowest BCUT2D eigenvalue weighted by Crippen LogP contribution is -2.52. The van der Waals surface area contributed by atoms with Crippen LogP contribution in [0.4, 0.5) is 10.1 Å². The van der Waals surface area contributed by atoms with Crippen molar-refractivity contribution < 1.29 is 19.0 Å². The molecular weight excluding hydrogens is 285 g/mol. The van der Waals surface area contributed by atoms with Crippen LogP contribution < -0.4 is 9.64 Å². The fourth-order valence-corrected chi connectivity index (χ4v) is 2.51. The summed E-state index contributed by atoms with van der Waals surface area (Å²) in [6.07, 6.45) is 0. The van der Waals surface area contributed by atoms with Crippen LogP contribution >= 0.6 is 0 Å². The van der Waals surface area contributed by atoms with Crippen LogP contribution in [-0.4, -0.2) is 16.6 Å². The van der Waals surface area contributed by atoms with Crippen LogP contribution in [0, 0.1) is 5.82 Å². The second-order valence-corrected chi connectivity index (χ2v) is 5.75. The number of rotatable bonds is 2. The predicted molar refractivity (Wildman–Crippen MR) is 80.4 cm³/mol. The second-order valence-electron chi connectivity index (χ2n) is 5.75. The number of benzene rings is 2. The number of carbonyl (C=O) groups excluding carboxylic acids is 1. The number of ether oxygens (including phenoxy) is 1. The summed E-state index contributed by atoms with van der Waals surface area (Å²) >= 11 is 0. The first-order valence-corrected chi connectivity index (χ1v) is 6.96. The van der Waals surface area contributed by atoms with Gasteiger partial charge in [-0.2, -0.15) is 0 Å². The van der Waals surface area contributed by atoms with Crippen molar-refractivity contribution in [3.05, 3.63) is 53.8 Å². The van der Waals surface area contributed by atoms with Gasteiger partial charge in [0.05, 0.1) is 12.2 Å². The van der Waals surface area contributed by atoms with Crippen molar-refractivity contribution in [1.29, 1.82) is 0 Å². The number of carbonyl (C=O) groups is 1. The maximum atomic E-state index is 13.9. The molecule has 4 nitrogen and oxygen atoms in total. The van der Waals surface area contributed by atoms with E-state index in [2.05, 4.69) is 0 Å². The largest absolute Gasteiger partial charge is 0.508 e. The molecule has 0 fully saturated rings. The van der Waals surface area contributed by atoms with Gasteiger partial charge in [0, 0.05) is 11.6 Å². The van der Waals surface area contributed by atoms with Gasteiger partial charge in [0.2, 0.25) is 0 Å². The number of phenols is 1. The molecule has 1 N–H and O–H groups in total. The molecule has 0 atom stereocenters. The molecule has 0 spiro atoms. The molecule has 0 bridgehead atoms. The minimum Gasteiger partial charge on any atom is -0.508 e. The van der Waals surface area contributed by atoms with Gasteiger partial charge in [-0.15, -0.1) is 0 Å². The third-order valence-electron chi connectivity index (χ3n) is 3.64. The molecule has 114 valence electrons. The molecule has 1 aliphatic heterocycles. The molecule has 0 saturated heterocycles. The van der Waals surface area contributed by atoms with Crippen molar-refractivity contribution in [2.24, 2.45) is 0 Å². The van der Waals surface area contributed by atoms with Gasteiger partial charge < -0.3 is 14.7 Å². The quantitative estimate of drug-likeness (QED) is 0.926. The zero-order valence-corrected chi connectivity index (χ0v) is 12.3. The topological polar surface area (TPSA) is 49.8 Å². The normalized spacial score (nSPS) is 16.1. The lowest BCUT2D eigenvalue weighted by molar-refractivity contribution is -0.132. The van der Waals surface area contributed by atoms with Crippen LogP contribution in [0.5, 0.6) is 11.5 Å². The number of nitrogens with zero attached hydrogens (tertiary/aromatic N) is 1. The minimum absolute atomic E-state index is 0.0217. The lowest BCUT2D eigenvalue weighted by atomic mass is 10.0. The summed E-state index contributed by atoms with van der Waals surface area (Å²) in [5, 5.41) is 9.68. The fraction of sp³-hybridized carbons (Fsp3) is 0.235. The molecule has 22 heavy (non-hydrogen) atoms. The Hall–Kier alpha value is -2.56. The number of fused-ring (bicyclic) bond motifs is 1. The number of phenolic OH excluding ortho intramolecular Hbond substituents is 1. The van der Waals surface area contributed by atoms with Crippen molar-refractivity contribution in [3.63, 3.8) is 0 Å². The summed E-state index contributed by atoms with van der Waals surface area (Å²) in [5.74, 6) is -0.151. The van der Waals surface area contributed by atoms with Gasteiger partial charge in [0.1, 0.15) is 17.3 Å². The van der Waals surface area contributed by atoms with E-state index in [0.717, 1.165) is 0 Å². The molecule has 0 radical (unpaired) electrons. The SMILES string of the molecule is CC1(C)Oc2ccc(O)cc2N(Cc2ccccc2F)C1=O. The highest BCUT2D eigenvalue weighted by Gasteiger charge is 2.41. The molecule has 0 saturated carbocycles. The Balaban J connectivity index is 2.07. The third kappa shape index (κ3) is 2.39. The van der Waals surface area contributed by atoms with Crippen molar-refractivity contribution in [1.82, 2.24) is 0 Å². The first-order chi connectivity index (χ1) is 10.4. The average molecular weight is 301 g/mol. The highest BCUT2D eigenvalue weighted by Crippen LogP contribution is 2.40. The summed E-state index contributed by atoms with van der Waals surface area (Å²) in [5.41, 5.74) is -0.203. The zero-order chi connectivity index (χ0) is 15.9. The maximum Gasteiger partial charge on any atom is 0.271 e. The molecule has 2 aromatic rings. The molecule has 1 heterocycles. The highest BCUT2D eigenvalue weighted by molar-refractivity contribution is 6.02. The minimum atomic E-state index is -1.05. The number of hydrogen-bond donors (Lipinski definition) is 1. The number of anilines is 1. The van der Waals surface area contributed by atoms with E-state index in [0.29, 0.717) is 17.0 Å². The van der Waals surface area contributed by atoms with Crippen LogP contribution in [0.15, 0.2) is 42.5 Å². The Bertz CT molecular complexity index is 742. The smallest absolute Gasteiger partial charge is 0.271 e. The van der Waals surface area contributed by atoms with E-state index in [-0.39, 0.29) is 24.0 Å². The van der Waals surface area contributed by atoms with Gasteiger partial charge in [-0.25, -0.2) is 4.39 Å². The van der Waals surface area contributed by atoms with Crippen LogP contribution in [0.1, 0.15) is 19.4 Å². The monoisotopic (exact) mass is 301 g/mol. The Morgan fingerprint density at radius 3 is 2.68 bits per heavy atom. The first-order valence-electron chi connectivity index (χ1n) is 6.96. The summed E-state index contributed by atoms with van der Waals surface area (Å²) < 4.78 is 19.6. The molecule has 0 aliphatic carbocycles. The van der Waals surface area contributed by atoms with Crippen LogP contribution in [0.25, 0.3) is 0 Å². The van der Waals surface area contributed by atoms with E-state index < -0.39 is 5.60 Å². The van der Waals surface area contributed by atoms with E-state index >= 15 is 0 Å². The Morgan fingerprint density at radius 2 is 1.95 bits per heavy atom. The zero-order valence-electron chi connectivity index (χ0n) is 12.3. The van der Waals surface area contributed by atoms with E-state index in [9.17, 15) is 14.3 Å². The van der Waals surface area contributed by atoms with Crippen molar-refractivity contribution in [3.8, 4) is 11.5 Å². The molecule has 0 aromatic heterocycles. The maximum absolute atomic E-state index is 13.9. The predicted octanol–water partition coefficient (Wildman–Crippen LogP) is 3.24. The Labute approximate surface area is 127 Å². The molecule has 5 heteroatoms. The molecule has 0 unspecified atom stereocenters. The van der Waals surface area contributed by atoms with Gasteiger partial charge in [-0.05, 0) is 32.0 Å². The standard InChI is InChI=1S/C17H16FNO3/c1-17(2)16(21)19(10-11-5-3-4-6-13(11)18)14-9-12(20)7-8-15(14)22-17/h3-9,20H,10H2,1-2H3. The van der Waals surface area contributed by atoms with Gasteiger partial charge in [-0.3, -0.25) is 4.79 Å². The van der Waals surface area contributed by atoms with E-state index in [4.69, 9.17) is 4.74 Å². The van der Waals surface area contributed by atoms with Crippen molar-refractivity contribution >= 4 is 11.6 Å². The summed E-state index contributed by atoms with van der Waals surface area (Å²) in [6, 6.07) is 10.9. The second kappa shape index (κ2) is 5.02. The lowest BCUT2D eigenvalue weighted by Gasteiger charge is -2.38. The van der Waals surface area contributed by atoms with Crippen LogP contribution in [0.3, 0.4) is 0 Å². The van der Waals surface area contributed by atoms with E-state index in [1.807, 2.05) is 0 Å². The molecule has 2 aromatic carbocycles. The molecule has 3 rings (SSSR count). The summed E-state index contributed by atoms with van der Waals surface area (Å²) in [4.78, 5) is 14.1. The van der Waals surface area contributed by atoms with E-state index in [1.54, 1.807) is 38.1 Å². The molecule has 1 amide bonds. The number of aromatic hydroxyl groups is 1. The fourth-order valence-electron chi connectivity index (χ4n) is 2.51. The van der Waals surface area contributed by atoms with Gasteiger partial charge in [0.25, 0.3) is 5.91 Å². The number of halogens is 1. The third-order valence-corrected chi connectivity index (χ3v) is 3.64. The molecular formula is C17H16FNO3. The summed E-state index contributed by atoms with van der Waals surface area (Å²) in [7, 11) is 0. The van der Waals surface area contributed by atoms with Gasteiger partial charge in [0.15, 0.2) is 5.60 Å². The molecule has 1 aliphatic rings. The van der Waals surface area contributed by atoms with Crippen LogP contribution in [-0.2, 0) is 11.3 Å². The van der Waals surface area contributed by atoms with Crippen molar-refractivity contribution in [2.45, 2.75) is 26.0 Å². The van der Waals surface area contributed by atoms with E-state index in [1.165, 1.54) is 23.1 Å². The van der Waals surface area contributed by atoms with Gasteiger partial charge in [-0.1, -0.05) is 18.2 Å². The first kappa shape index (κ1) is 14.4. The Kier molecular flexibility index (Phi) is 3.28. The van der Waals surface area contributed by atoms with Gasteiger partial charge >= 0.3 is 0 Å². The average Bonchev–Trinajstić information content (AvgIpc) is 2.46. The van der Waals surface area contributed by atoms with Crippen LogP contribution in [0.2, 0.25) is 0 Å². The highest BCUT2D eigenvalue weighted by atomic mass is 19.1. The number of hydrogen-bond acceptors (Lipinski definition) is 3. The van der Waals surface area contributed by atoms with Crippen molar-refractivity contribution in [2.75, 3.05) is 4.90 Å².